The number of methoxy groups -OCH3 is 1. The van der Waals surface area contributed by atoms with Crippen molar-refractivity contribution in [2.75, 3.05) is 7.11 Å². The molecule has 3 nitrogen and oxygen atoms in total. The lowest BCUT2D eigenvalue weighted by molar-refractivity contribution is 0.414. The Morgan fingerprint density at radius 2 is 2.05 bits per heavy atom. The van der Waals surface area contributed by atoms with Gasteiger partial charge >= 0.3 is 0 Å². The van der Waals surface area contributed by atoms with Gasteiger partial charge in [0, 0.05) is 22.7 Å². The SMILES string of the molecule is COc1cccc(CS(=O)Cc2ncc(Cl)cc2Cl)c1. The van der Waals surface area contributed by atoms with Crippen molar-refractivity contribution < 1.29 is 8.95 Å². The molecule has 1 aromatic carbocycles. The molecular weight excluding hydrogens is 317 g/mol. The molecule has 0 spiro atoms. The number of hydrogen-bond donors (Lipinski definition) is 0. The van der Waals surface area contributed by atoms with Gasteiger partial charge in [0.15, 0.2) is 0 Å². The van der Waals surface area contributed by atoms with Crippen LogP contribution in [0, 0.1) is 0 Å². The maximum atomic E-state index is 12.2. The molecule has 1 heterocycles. The third-order valence-electron chi connectivity index (χ3n) is 2.64. The van der Waals surface area contributed by atoms with E-state index in [2.05, 4.69) is 4.98 Å². The van der Waals surface area contributed by atoms with E-state index in [1.54, 1.807) is 13.2 Å². The third kappa shape index (κ3) is 4.20. The monoisotopic (exact) mass is 329 g/mol. The highest BCUT2D eigenvalue weighted by Gasteiger charge is 2.09. The Hall–Kier alpha value is -1.10. The molecule has 0 N–H and O–H groups in total. The lowest BCUT2D eigenvalue weighted by Gasteiger charge is -2.06. The molecule has 1 atom stereocenters. The highest BCUT2D eigenvalue weighted by Crippen LogP contribution is 2.21. The first kappa shape index (κ1) is 15.3. The number of pyridine rings is 1. The van der Waals surface area contributed by atoms with E-state index in [9.17, 15) is 4.21 Å². The largest absolute Gasteiger partial charge is 0.497 e. The van der Waals surface area contributed by atoms with Gasteiger partial charge < -0.3 is 4.74 Å². The normalized spacial score (nSPS) is 12.2. The van der Waals surface area contributed by atoms with E-state index in [1.165, 1.54) is 6.20 Å². The van der Waals surface area contributed by atoms with Crippen LogP contribution in [0.5, 0.6) is 5.75 Å². The molecule has 6 heteroatoms. The lowest BCUT2D eigenvalue weighted by atomic mass is 10.2. The van der Waals surface area contributed by atoms with Crippen LogP contribution in [-0.2, 0) is 22.3 Å². The highest BCUT2D eigenvalue weighted by molar-refractivity contribution is 7.83. The first-order chi connectivity index (χ1) is 9.58. The van der Waals surface area contributed by atoms with E-state index in [0.717, 1.165) is 11.3 Å². The number of aromatic nitrogens is 1. The highest BCUT2D eigenvalue weighted by atomic mass is 35.5. The summed E-state index contributed by atoms with van der Waals surface area (Å²) < 4.78 is 17.3. The first-order valence-electron chi connectivity index (χ1n) is 5.86. The number of ether oxygens (including phenoxy) is 1. The Morgan fingerprint density at radius 1 is 1.25 bits per heavy atom. The van der Waals surface area contributed by atoms with Crippen LogP contribution < -0.4 is 4.74 Å². The summed E-state index contributed by atoms with van der Waals surface area (Å²) in [5, 5.41) is 0.911. The van der Waals surface area contributed by atoms with E-state index in [0.29, 0.717) is 27.2 Å². The zero-order valence-corrected chi connectivity index (χ0v) is 13.1. The van der Waals surface area contributed by atoms with Crippen LogP contribution in [0.3, 0.4) is 0 Å². The Labute approximate surface area is 130 Å². The van der Waals surface area contributed by atoms with Gasteiger partial charge in [0.1, 0.15) is 5.75 Å². The molecule has 1 aromatic heterocycles. The van der Waals surface area contributed by atoms with Crippen LogP contribution in [0.1, 0.15) is 11.3 Å². The maximum absolute atomic E-state index is 12.2. The van der Waals surface area contributed by atoms with Crippen molar-refractivity contribution in [3.8, 4) is 5.75 Å². The van der Waals surface area contributed by atoms with Crippen LogP contribution >= 0.6 is 23.2 Å². The van der Waals surface area contributed by atoms with Gasteiger partial charge in [-0.25, -0.2) is 0 Å². The van der Waals surface area contributed by atoms with Crippen molar-refractivity contribution in [3.63, 3.8) is 0 Å². The number of halogens is 2. The number of benzene rings is 1. The van der Waals surface area contributed by atoms with Crippen LogP contribution in [0.15, 0.2) is 36.5 Å². The molecule has 0 aliphatic rings. The molecule has 106 valence electrons. The van der Waals surface area contributed by atoms with Crippen molar-refractivity contribution in [2.45, 2.75) is 11.5 Å². The summed E-state index contributed by atoms with van der Waals surface area (Å²) in [7, 11) is 0.510. The average molecular weight is 330 g/mol. The predicted octanol–water partition coefficient (Wildman–Crippen LogP) is 3.85. The van der Waals surface area contributed by atoms with Crippen molar-refractivity contribution in [2.24, 2.45) is 0 Å². The Balaban J connectivity index is 2.05. The van der Waals surface area contributed by atoms with E-state index >= 15 is 0 Å². The topological polar surface area (TPSA) is 39.2 Å². The smallest absolute Gasteiger partial charge is 0.119 e. The van der Waals surface area contributed by atoms with Gasteiger partial charge in [0.05, 0.1) is 28.6 Å². The zero-order chi connectivity index (χ0) is 14.5. The van der Waals surface area contributed by atoms with Gasteiger partial charge in [-0.3, -0.25) is 9.19 Å². The summed E-state index contributed by atoms with van der Waals surface area (Å²) >= 11 is 11.8. The molecule has 0 bridgehead atoms. The summed E-state index contributed by atoms with van der Waals surface area (Å²) in [6.45, 7) is 0. The molecule has 0 radical (unpaired) electrons. The number of hydrogen-bond acceptors (Lipinski definition) is 3. The predicted molar refractivity (Wildman–Crippen MR) is 82.8 cm³/mol. The summed E-state index contributed by atoms with van der Waals surface area (Å²) in [5.74, 6) is 1.48. The molecule has 0 aliphatic carbocycles. The average Bonchev–Trinajstić information content (AvgIpc) is 2.42. The van der Waals surface area contributed by atoms with Crippen LogP contribution in [-0.4, -0.2) is 16.3 Å². The van der Waals surface area contributed by atoms with Gasteiger partial charge in [-0.2, -0.15) is 0 Å². The molecule has 0 saturated heterocycles. The van der Waals surface area contributed by atoms with Crippen molar-refractivity contribution in [1.82, 2.24) is 4.98 Å². The van der Waals surface area contributed by atoms with Crippen LogP contribution in [0.4, 0.5) is 0 Å². The van der Waals surface area contributed by atoms with Crippen LogP contribution in [0.25, 0.3) is 0 Å². The summed E-state index contributed by atoms with van der Waals surface area (Å²) in [6.07, 6.45) is 1.51. The summed E-state index contributed by atoms with van der Waals surface area (Å²) in [4.78, 5) is 4.11. The van der Waals surface area contributed by atoms with E-state index in [4.69, 9.17) is 27.9 Å². The van der Waals surface area contributed by atoms with Gasteiger partial charge in [-0.05, 0) is 23.8 Å². The standard InChI is InChI=1S/C14H13Cl2NO2S/c1-19-12-4-2-3-10(5-12)8-20(18)9-14-13(16)6-11(15)7-17-14/h2-7H,8-9H2,1H3. The van der Waals surface area contributed by atoms with E-state index in [-0.39, 0.29) is 0 Å². The minimum Gasteiger partial charge on any atom is -0.497 e. The quantitative estimate of drug-likeness (QED) is 0.836. The van der Waals surface area contributed by atoms with Gasteiger partial charge in [0.2, 0.25) is 0 Å². The molecule has 0 fully saturated rings. The number of rotatable bonds is 5. The molecule has 2 aromatic rings. The van der Waals surface area contributed by atoms with Gasteiger partial charge in [-0.1, -0.05) is 35.3 Å². The van der Waals surface area contributed by atoms with Crippen molar-refractivity contribution in [3.05, 3.63) is 57.8 Å². The summed E-state index contributed by atoms with van der Waals surface area (Å²) in [5.41, 5.74) is 1.55. The fourth-order valence-electron chi connectivity index (χ4n) is 1.70. The number of nitrogens with zero attached hydrogens (tertiary/aromatic N) is 1. The first-order valence-corrected chi connectivity index (χ1v) is 8.10. The van der Waals surface area contributed by atoms with E-state index < -0.39 is 10.8 Å². The Bertz CT molecular complexity index is 634. The molecule has 20 heavy (non-hydrogen) atoms. The van der Waals surface area contributed by atoms with Gasteiger partial charge in [0.25, 0.3) is 0 Å². The molecular formula is C14H13Cl2NO2S. The lowest BCUT2D eigenvalue weighted by Crippen LogP contribution is -2.02. The second kappa shape index (κ2) is 7.07. The third-order valence-corrected chi connectivity index (χ3v) is 4.43. The fourth-order valence-corrected chi connectivity index (χ4v) is 3.42. The molecule has 0 saturated carbocycles. The van der Waals surface area contributed by atoms with E-state index in [1.807, 2.05) is 24.3 Å². The van der Waals surface area contributed by atoms with Gasteiger partial charge in [-0.15, -0.1) is 0 Å². The van der Waals surface area contributed by atoms with Crippen molar-refractivity contribution in [1.29, 1.82) is 0 Å². The second-order valence-electron chi connectivity index (χ2n) is 4.16. The molecule has 0 amide bonds. The zero-order valence-electron chi connectivity index (χ0n) is 10.8. The Morgan fingerprint density at radius 3 is 2.75 bits per heavy atom. The molecule has 2 rings (SSSR count). The Kier molecular flexibility index (Phi) is 5.40. The molecule has 0 aliphatic heterocycles. The maximum Gasteiger partial charge on any atom is 0.119 e. The molecule has 1 unspecified atom stereocenters. The van der Waals surface area contributed by atoms with Crippen LogP contribution in [0.2, 0.25) is 10.0 Å². The minimum atomic E-state index is -1.09. The second-order valence-corrected chi connectivity index (χ2v) is 6.46. The van der Waals surface area contributed by atoms with Crippen molar-refractivity contribution >= 4 is 34.0 Å². The fraction of sp³-hybridized carbons (Fsp3) is 0.214. The minimum absolute atomic E-state index is 0.299. The summed E-state index contributed by atoms with van der Waals surface area (Å²) in [6, 6.07) is 9.11.